The number of nitrogens with one attached hydrogen (secondary N) is 1. The van der Waals surface area contributed by atoms with Crippen LogP contribution in [0.15, 0.2) is 18.2 Å². The fraction of sp³-hybridized carbons (Fsp3) is 0.667. The fourth-order valence-corrected chi connectivity index (χ4v) is 6.44. The minimum absolute atomic E-state index is 0.0177. The minimum Gasteiger partial charge on any atom is -0.341 e. The first kappa shape index (κ1) is 24.2. The first-order chi connectivity index (χ1) is 16.8. The molecule has 7 nitrogen and oxygen atoms in total. The van der Waals surface area contributed by atoms with E-state index in [0.717, 1.165) is 44.9 Å². The van der Waals surface area contributed by atoms with Crippen LogP contribution >= 0.6 is 0 Å². The van der Waals surface area contributed by atoms with E-state index < -0.39 is 23.3 Å². The molecule has 2 saturated heterocycles. The van der Waals surface area contributed by atoms with E-state index in [1.165, 1.54) is 6.07 Å². The van der Waals surface area contributed by atoms with Crippen LogP contribution in [0.3, 0.4) is 0 Å². The lowest BCUT2D eigenvalue weighted by atomic mass is 9.81. The zero-order valence-corrected chi connectivity index (χ0v) is 20.9. The van der Waals surface area contributed by atoms with Gasteiger partial charge in [-0.25, -0.2) is 4.39 Å². The smallest absolute Gasteiger partial charge is 0.254 e. The average Bonchev–Trinajstić information content (AvgIpc) is 3.69. The van der Waals surface area contributed by atoms with Crippen molar-refractivity contribution in [1.82, 2.24) is 20.0 Å². The first-order valence-corrected chi connectivity index (χ1v) is 13.2. The summed E-state index contributed by atoms with van der Waals surface area (Å²) in [4.78, 5) is 46.0. The number of amides is 3. The molecule has 4 aliphatic rings. The number of aryl methyl sites for hydroxylation is 1. The van der Waals surface area contributed by atoms with Crippen molar-refractivity contribution in [3.8, 4) is 0 Å². The van der Waals surface area contributed by atoms with E-state index in [2.05, 4.69) is 10.2 Å². The molecule has 2 aliphatic heterocycles. The zero-order chi connectivity index (χ0) is 24.7. The molecule has 5 rings (SSSR count). The fourth-order valence-electron chi connectivity index (χ4n) is 6.44. The number of rotatable bonds is 5. The minimum atomic E-state index is -0.668. The Hall–Kier alpha value is -2.48. The molecule has 190 valence electrons. The van der Waals surface area contributed by atoms with Gasteiger partial charge in [-0.2, -0.15) is 0 Å². The van der Waals surface area contributed by atoms with Crippen LogP contribution < -0.4 is 5.32 Å². The van der Waals surface area contributed by atoms with Gasteiger partial charge in [0.2, 0.25) is 11.8 Å². The van der Waals surface area contributed by atoms with Gasteiger partial charge in [0.1, 0.15) is 17.4 Å². The number of piperidine rings is 1. The van der Waals surface area contributed by atoms with Crippen molar-refractivity contribution in [2.24, 2.45) is 5.92 Å². The van der Waals surface area contributed by atoms with E-state index in [0.29, 0.717) is 44.2 Å². The number of hydrogen-bond donors (Lipinski definition) is 1. The summed E-state index contributed by atoms with van der Waals surface area (Å²) in [5.41, 5.74) is -0.108. The number of likely N-dealkylation sites (tertiary alicyclic amines) is 1. The van der Waals surface area contributed by atoms with Crippen molar-refractivity contribution in [2.75, 3.05) is 26.8 Å². The molecular weight excluding hydrogens is 447 g/mol. The monoisotopic (exact) mass is 484 g/mol. The van der Waals surface area contributed by atoms with Crippen molar-refractivity contribution >= 4 is 17.7 Å². The van der Waals surface area contributed by atoms with E-state index in [1.54, 1.807) is 19.1 Å². The molecule has 0 unspecified atom stereocenters. The highest BCUT2D eigenvalue weighted by atomic mass is 19.1. The van der Waals surface area contributed by atoms with Crippen LogP contribution in [0.2, 0.25) is 0 Å². The van der Waals surface area contributed by atoms with Gasteiger partial charge in [0, 0.05) is 26.2 Å². The number of benzene rings is 1. The highest BCUT2D eigenvalue weighted by Crippen LogP contribution is 2.43. The van der Waals surface area contributed by atoms with Gasteiger partial charge in [-0.1, -0.05) is 31.4 Å². The van der Waals surface area contributed by atoms with E-state index in [1.807, 2.05) is 16.8 Å². The molecule has 1 aromatic rings. The van der Waals surface area contributed by atoms with Crippen molar-refractivity contribution in [1.29, 1.82) is 0 Å². The van der Waals surface area contributed by atoms with Crippen LogP contribution in [0.5, 0.6) is 0 Å². The highest BCUT2D eigenvalue weighted by Gasteiger charge is 2.57. The third-order valence-electron chi connectivity index (χ3n) is 8.66. The van der Waals surface area contributed by atoms with Crippen molar-refractivity contribution in [2.45, 2.75) is 82.3 Å². The summed E-state index contributed by atoms with van der Waals surface area (Å²) in [5, 5.41) is 2.93. The second-order valence-electron chi connectivity index (χ2n) is 11.0. The molecule has 0 aromatic heterocycles. The predicted molar refractivity (Wildman–Crippen MR) is 130 cm³/mol. The predicted octanol–water partition coefficient (Wildman–Crippen LogP) is 3.07. The van der Waals surface area contributed by atoms with Crippen LogP contribution in [0.25, 0.3) is 0 Å². The number of nitrogens with zero attached hydrogens (tertiary/aromatic N) is 3. The standard InChI is InChI=1S/C27H37FN4O3/c1-18-7-6-10-21(22(18)28)24(33)29-23(19-8-4-3-5-9-19)25(34)31-15-13-27(14-16-31)26(35)30(2)17-32(27)20-11-12-20/h6-7,10,19-20,23H,3-5,8-9,11-17H2,1-2H3,(H,29,33)/t23-/m1/s1. The Bertz CT molecular complexity index is 996. The third-order valence-corrected chi connectivity index (χ3v) is 8.66. The zero-order valence-electron chi connectivity index (χ0n) is 20.9. The van der Waals surface area contributed by atoms with Crippen LogP contribution in [0.4, 0.5) is 4.39 Å². The second-order valence-corrected chi connectivity index (χ2v) is 11.0. The summed E-state index contributed by atoms with van der Waals surface area (Å²) < 4.78 is 14.6. The summed E-state index contributed by atoms with van der Waals surface area (Å²) in [6, 6.07) is 4.57. The van der Waals surface area contributed by atoms with Crippen molar-refractivity contribution < 1.29 is 18.8 Å². The Kier molecular flexibility index (Phi) is 6.59. The quantitative estimate of drug-likeness (QED) is 0.697. The lowest BCUT2D eigenvalue weighted by molar-refractivity contribution is -0.142. The Morgan fingerprint density at radius 2 is 1.77 bits per heavy atom. The van der Waals surface area contributed by atoms with Gasteiger partial charge in [0.05, 0.1) is 12.2 Å². The molecule has 0 bridgehead atoms. The number of halogens is 1. The molecule has 2 aliphatic carbocycles. The summed E-state index contributed by atoms with van der Waals surface area (Å²) in [6.07, 6.45) is 8.47. The number of hydrogen-bond acceptors (Lipinski definition) is 4. The van der Waals surface area contributed by atoms with Crippen molar-refractivity contribution in [3.63, 3.8) is 0 Å². The van der Waals surface area contributed by atoms with Crippen LogP contribution in [0, 0.1) is 18.7 Å². The Balaban J connectivity index is 1.32. The molecule has 3 amide bonds. The van der Waals surface area contributed by atoms with Gasteiger partial charge in [-0.3, -0.25) is 19.3 Å². The van der Waals surface area contributed by atoms with Gasteiger partial charge in [0.15, 0.2) is 0 Å². The van der Waals surface area contributed by atoms with Crippen LogP contribution in [-0.2, 0) is 9.59 Å². The normalized spacial score (nSPS) is 24.1. The number of carbonyl (C=O) groups is 3. The largest absolute Gasteiger partial charge is 0.341 e. The summed E-state index contributed by atoms with van der Waals surface area (Å²) in [6.45, 7) is 3.30. The molecule has 2 saturated carbocycles. The summed E-state index contributed by atoms with van der Waals surface area (Å²) in [7, 11) is 1.86. The van der Waals surface area contributed by atoms with Gasteiger partial charge < -0.3 is 15.1 Å². The van der Waals surface area contributed by atoms with E-state index >= 15 is 0 Å². The topological polar surface area (TPSA) is 73.0 Å². The average molecular weight is 485 g/mol. The Morgan fingerprint density at radius 3 is 2.43 bits per heavy atom. The molecule has 1 atom stereocenters. The molecule has 2 heterocycles. The van der Waals surface area contributed by atoms with E-state index in [4.69, 9.17) is 0 Å². The molecular formula is C27H37FN4O3. The number of likely N-dealkylation sites (N-methyl/N-ethyl adjacent to an activating group) is 1. The maximum atomic E-state index is 14.6. The van der Waals surface area contributed by atoms with Crippen LogP contribution in [0.1, 0.15) is 73.7 Å². The molecule has 1 aromatic carbocycles. The maximum absolute atomic E-state index is 14.6. The molecule has 4 fully saturated rings. The maximum Gasteiger partial charge on any atom is 0.254 e. The second kappa shape index (κ2) is 9.52. The van der Waals surface area contributed by atoms with Crippen molar-refractivity contribution in [3.05, 3.63) is 35.1 Å². The molecule has 1 spiro atoms. The number of carbonyl (C=O) groups excluding carboxylic acids is 3. The molecule has 1 N–H and O–H groups in total. The van der Waals surface area contributed by atoms with Gasteiger partial charge in [-0.15, -0.1) is 0 Å². The van der Waals surface area contributed by atoms with Gasteiger partial charge in [-0.05, 0) is 63.0 Å². The third kappa shape index (κ3) is 4.46. The van der Waals surface area contributed by atoms with E-state index in [-0.39, 0.29) is 23.3 Å². The first-order valence-electron chi connectivity index (χ1n) is 13.2. The van der Waals surface area contributed by atoms with Gasteiger partial charge in [0.25, 0.3) is 5.91 Å². The Labute approximate surface area is 207 Å². The Morgan fingerprint density at radius 1 is 1.09 bits per heavy atom. The van der Waals surface area contributed by atoms with Gasteiger partial charge >= 0.3 is 0 Å². The summed E-state index contributed by atoms with van der Waals surface area (Å²) in [5.74, 6) is -0.945. The molecule has 35 heavy (non-hydrogen) atoms. The lowest BCUT2D eigenvalue weighted by Gasteiger charge is -2.44. The van der Waals surface area contributed by atoms with E-state index in [9.17, 15) is 18.8 Å². The SMILES string of the molecule is Cc1cccc(C(=O)N[C@@H](C(=O)N2CCC3(CC2)C(=O)N(C)CN3C2CC2)C2CCCCC2)c1F. The summed E-state index contributed by atoms with van der Waals surface area (Å²) >= 11 is 0. The highest BCUT2D eigenvalue weighted by molar-refractivity contribution is 5.98. The van der Waals surface area contributed by atoms with Crippen LogP contribution in [-0.4, -0.2) is 76.8 Å². The molecule has 8 heteroatoms. The molecule has 0 radical (unpaired) electrons. The lowest BCUT2D eigenvalue weighted by Crippen LogP contribution is -2.60.